The molecule has 1 aromatic heterocycles. The van der Waals surface area contributed by atoms with E-state index in [2.05, 4.69) is 24.2 Å². The third-order valence-electron chi connectivity index (χ3n) is 11.6. The number of Topliss-reactive ketones (excluding diaryl/α,β-unsaturated/α-hetero) is 1. The summed E-state index contributed by atoms with van der Waals surface area (Å²) in [7, 11) is 0. The molecule has 0 aliphatic heterocycles. The first-order chi connectivity index (χ1) is 17.1. The van der Waals surface area contributed by atoms with Crippen molar-refractivity contribution in [2.24, 2.45) is 40.4 Å². The quantitative estimate of drug-likeness (QED) is 0.554. The molecule has 4 fully saturated rings. The monoisotopic (exact) mass is 499 g/mol. The predicted octanol–water partition coefficient (Wildman–Crippen LogP) is 6.08. The van der Waals surface area contributed by atoms with Crippen LogP contribution in [0.25, 0.3) is 11.0 Å². The van der Waals surface area contributed by atoms with Crippen LogP contribution in [-0.2, 0) is 11.3 Å². The van der Waals surface area contributed by atoms with Crippen LogP contribution < -0.4 is 0 Å². The number of carbonyl (C=O) groups is 1. The maximum Gasteiger partial charge on any atom is 0.186 e. The van der Waals surface area contributed by atoms with Crippen molar-refractivity contribution in [1.82, 2.24) is 15.0 Å². The van der Waals surface area contributed by atoms with Crippen molar-refractivity contribution in [3.63, 3.8) is 0 Å². The molecule has 1 heterocycles. The number of carbonyl (C=O) groups excluding carboxylic acids is 1. The van der Waals surface area contributed by atoms with Gasteiger partial charge in [0.15, 0.2) is 17.4 Å². The van der Waals surface area contributed by atoms with Gasteiger partial charge in [0.25, 0.3) is 0 Å². The molecular weight excluding hydrogens is 460 g/mol. The normalized spacial score (nSPS) is 42.1. The average molecular weight is 500 g/mol. The number of ketones is 1. The fraction of sp³-hybridized carbons (Fsp3) is 0.759. The topological polar surface area (TPSA) is 68.0 Å². The lowest BCUT2D eigenvalue weighted by Gasteiger charge is -2.63. The number of aliphatic hydroxyl groups is 1. The van der Waals surface area contributed by atoms with Crippen LogP contribution >= 0.6 is 0 Å². The third-order valence-corrected chi connectivity index (χ3v) is 11.6. The summed E-state index contributed by atoms with van der Waals surface area (Å²) >= 11 is 0. The number of hydrogen-bond donors (Lipinski definition) is 1. The minimum atomic E-state index is -0.991. The average Bonchev–Trinajstić information content (AvgIpc) is 3.41. The molecule has 4 saturated carbocycles. The van der Waals surface area contributed by atoms with Gasteiger partial charge in [0.05, 0.1) is 5.60 Å². The van der Waals surface area contributed by atoms with Crippen LogP contribution in [0.4, 0.5) is 8.78 Å². The molecule has 0 radical (unpaired) electrons. The fourth-order valence-electron chi connectivity index (χ4n) is 9.85. The third kappa shape index (κ3) is 3.44. The molecule has 0 unspecified atom stereocenters. The van der Waals surface area contributed by atoms with E-state index in [1.165, 1.54) is 30.0 Å². The Bertz CT molecular complexity index is 1190. The maximum atomic E-state index is 14.5. The second-order valence-corrected chi connectivity index (χ2v) is 13.1. The molecule has 0 spiro atoms. The van der Waals surface area contributed by atoms with Crippen molar-refractivity contribution in [2.75, 3.05) is 0 Å². The lowest BCUT2D eigenvalue weighted by atomic mass is 9.42. The number of nitrogens with zero attached hydrogens (tertiary/aromatic N) is 3. The Morgan fingerprint density at radius 3 is 2.67 bits per heavy atom. The zero-order valence-corrected chi connectivity index (χ0v) is 21.8. The van der Waals surface area contributed by atoms with E-state index in [1.54, 1.807) is 0 Å². The number of benzene rings is 1. The highest BCUT2D eigenvalue weighted by Crippen LogP contribution is 2.69. The minimum Gasteiger partial charge on any atom is -0.390 e. The molecule has 0 bridgehead atoms. The van der Waals surface area contributed by atoms with E-state index in [0.717, 1.165) is 51.0 Å². The van der Waals surface area contributed by atoms with Crippen LogP contribution in [0.5, 0.6) is 0 Å². The molecule has 0 saturated heterocycles. The van der Waals surface area contributed by atoms with Crippen molar-refractivity contribution in [2.45, 2.75) is 97.1 Å². The van der Waals surface area contributed by atoms with E-state index in [0.29, 0.717) is 29.1 Å². The molecule has 2 aromatic rings. The molecule has 1 aromatic carbocycles. The zero-order chi connectivity index (χ0) is 25.5. The van der Waals surface area contributed by atoms with E-state index in [4.69, 9.17) is 0 Å². The summed E-state index contributed by atoms with van der Waals surface area (Å²) in [6, 6.07) is 2.45. The molecule has 8 atom stereocenters. The van der Waals surface area contributed by atoms with Crippen LogP contribution in [0.15, 0.2) is 12.1 Å². The Hall–Kier alpha value is -1.89. The van der Waals surface area contributed by atoms with Crippen molar-refractivity contribution in [1.29, 1.82) is 0 Å². The van der Waals surface area contributed by atoms with E-state index >= 15 is 0 Å². The molecule has 196 valence electrons. The van der Waals surface area contributed by atoms with Crippen LogP contribution in [0.1, 0.15) is 85.0 Å². The minimum absolute atomic E-state index is 0.0249. The van der Waals surface area contributed by atoms with Gasteiger partial charge in [0.2, 0.25) is 0 Å². The Kier molecular flexibility index (Phi) is 5.64. The van der Waals surface area contributed by atoms with Gasteiger partial charge in [-0.2, -0.15) is 0 Å². The smallest absolute Gasteiger partial charge is 0.186 e. The SMILES string of the molecule is CC[C@]12CC[C@@](C)(O)C[C@@H]1CC[C@H]1[C@@H]3CC[C@H](C(=O)Cn4nnc5ccc(F)c(F)c54)[C@@]3(C)CC[C@@H]12. The summed E-state index contributed by atoms with van der Waals surface area (Å²) in [5, 5.41) is 18.8. The van der Waals surface area contributed by atoms with Crippen molar-refractivity contribution in [3.8, 4) is 0 Å². The molecular formula is C29H39F2N3O2. The maximum absolute atomic E-state index is 14.5. The molecule has 4 aliphatic rings. The van der Waals surface area contributed by atoms with Gasteiger partial charge in [-0.25, -0.2) is 13.5 Å². The molecule has 6 rings (SSSR count). The van der Waals surface area contributed by atoms with E-state index in [9.17, 15) is 18.7 Å². The van der Waals surface area contributed by atoms with Gasteiger partial charge in [-0.05, 0) is 118 Å². The lowest BCUT2D eigenvalue weighted by Crippen LogP contribution is -2.56. The summed E-state index contributed by atoms with van der Waals surface area (Å²) in [6.07, 6.45) is 10.6. The second-order valence-electron chi connectivity index (χ2n) is 13.1. The summed E-state index contributed by atoms with van der Waals surface area (Å²) in [5.41, 5.74) is -0.0112. The van der Waals surface area contributed by atoms with Gasteiger partial charge in [-0.1, -0.05) is 19.1 Å². The first kappa shape index (κ1) is 24.4. The molecule has 0 amide bonds. The molecule has 4 aliphatic carbocycles. The van der Waals surface area contributed by atoms with Gasteiger partial charge < -0.3 is 5.11 Å². The molecule has 1 N–H and O–H groups in total. The molecule has 36 heavy (non-hydrogen) atoms. The molecule has 5 nitrogen and oxygen atoms in total. The number of halogens is 2. The van der Waals surface area contributed by atoms with Crippen LogP contribution in [-0.4, -0.2) is 31.5 Å². The Balaban J connectivity index is 1.24. The van der Waals surface area contributed by atoms with Crippen molar-refractivity contribution in [3.05, 3.63) is 23.8 Å². The van der Waals surface area contributed by atoms with Gasteiger partial charge in [-0.3, -0.25) is 4.79 Å². The summed E-state index contributed by atoms with van der Waals surface area (Å²) in [6.45, 7) is 6.63. The lowest BCUT2D eigenvalue weighted by molar-refractivity contribution is -0.158. The standard InChI is InChI=1S/C29H39F2N3O2/c1-4-29-14-13-27(2,36)15-17(29)5-6-18-19-7-8-21(28(19,3)12-11-20(18)29)24(35)16-34-26-23(32-33-34)10-9-22(30)25(26)31/h9-10,17-21,36H,4-8,11-16H2,1-3H3/t17-,18-,19-,20-,21+,27+,28-,29-/m0/s1. The van der Waals surface area contributed by atoms with Gasteiger partial charge in [0, 0.05) is 5.92 Å². The highest BCUT2D eigenvalue weighted by molar-refractivity contribution is 5.84. The first-order valence-electron chi connectivity index (χ1n) is 14.0. The zero-order valence-electron chi connectivity index (χ0n) is 21.8. The summed E-state index contributed by atoms with van der Waals surface area (Å²) in [4.78, 5) is 13.7. The highest BCUT2D eigenvalue weighted by Gasteiger charge is 2.62. The van der Waals surface area contributed by atoms with Crippen molar-refractivity contribution < 1.29 is 18.7 Å². The van der Waals surface area contributed by atoms with Crippen molar-refractivity contribution >= 4 is 16.8 Å². The summed E-state index contributed by atoms with van der Waals surface area (Å²) in [5.74, 6) is 0.498. The number of aromatic nitrogens is 3. The van der Waals surface area contributed by atoms with Crippen LogP contribution in [0.2, 0.25) is 0 Å². The second kappa shape index (κ2) is 8.31. The summed E-state index contributed by atoms with van der Waals surface area (Å²) < 4.78 is 29.6. The predicted molar refractivity (Wildman–Crippen MR) is 133 cm³/mol. The van der Waals surface area contributed by atoms with Gasteiger partial charge in [0.1, 0.15) is 17.6 Å². The van der Waals surface area contributed by atoms with Crippen LogP contribution in [0.3, 0.4) is 0 Å². The number of fused-ring (bicyclic) bond motifs is 6. The number of hydrogen-bond acceptors (Lipinski definition) is 4. The Morgan fingerprint density at radius 1 is 1.08 bits per heavy atom. The van der Waals surface area contributed by atoms with E-state index in [-0.39, 0.29) is 34.7 Å². The first-order valence-corrected chi connectivity index (χ1v) is 14.0. The van der Waals surface area contributed by atoms with E-state index < -0.39 is 17.2 Å². The van der Waals surface area contributed by atoms with Crippen LogP contribution in [0, 0.1) is 52.1 Å². The Morgan fingerprint density at radius 2 is 1.89 bits per heavy atom. The largest absolute Gasteiger partial charge is 0.390 e. The highest BCUT2D eigenvalue weighted by atomic mass is 19.2. The van der Waals surface area contributed by atoms with Gasteiger partial charge >= 0.3 is 0 Å². The number of rotatable bonds is 4. The Labute approximate surface area is 212 Å². The van der Waals surface area contributed by atoms with E-state index in [1.807, 2.05) is 6.92 Å². The fourth-order valence-corrected chi connectivity index (χ4v) is 9.85. The molecule has 7 heteroatoms. The van der Waals surface area contributed by atoms with Gasteiger partial charge in [-0.15, -0.1) is 5.10 Å².